The minimum atomic E-state index is -0.501. The molecule has 0 spiro atoms. The Morgan fingerprint density at radius 3 is 2.40 bits per heavy atom. The van der Waals surface area contributed by atoms with Crippen molar-refractivity contribution in [2.45, 2.75) is 39.3 Å². The smallest absolute Gasteiger partial charge is 0.162 e. The summed E-state index contributed by atoms with van der Waals surface area (Å²) in [6, 6.07) is 3.92. The molecule has 0 aliphatic rings. The second-order valence-corrected chi connectivity index (χ2v) is 5.03. The zero-order valence-electron chi connectivity index (χ0n) is 12.6. The lowest BCUT2D eigenvalue weighted by atomic mass is 10.1. The molecule has 20 heavy (non-hydrogen) atoms. The monoisotopic (exact) mass is 277 g/mol. The van der Waals surface area contributed by atoms with Crippen LogP contribution < -0.4 is 9.47 Å². The molecule has 2 aromatic rings. The van der Waals surface area contributed by atoms with E-state index < -0.39 is 6.10 Å². The van der Waals surface area contributed by atoms with Gasteiger partial charge in [-0.05, 0) is 19.4 Å². The van der Waals surface area contributed by atoms with Crippen LogP contribution >= 0.6 is 0 Å². The van der Waals surface area contributed by atoms with Gasteiger partial charge in [-0.25, -0.2) is 0 Å². The van der Waals surface area contributed by atoms with Gasteiger partial charge in [0, 0.05) is 29.8 Å². The highest BCUT2D eigenvalue weighted by atomic mass is 16.5. The summed E-state index contributed by atoms with van der Waals surface area (Å²) in [5.74, 6) is 1.41. The van der Waals surface area contributed by atoms with E-state index in [0.29, 0.717) is 11.5 Å². The van der Waals surface area contributed by atoms with Crippen molar-refractivity contribution < 1.29 is 14.6 Å². The molecule has 0 radical (unpaired) electrons. The van der Waals surface area contributed by atoms with Gasteiger partial charge in [-0.3, -0.25) is 0 Å². The number of benzene rings is 1. The van der Waals surface area contributed by atoms with Gasteiger partial charge in [0.25, 0.3) is 0 Å². The summed E-state index contributed by atoms with van der Waals surface area (Å²) in [6.45, 7) is 4.90. The fraction of sp³-hybridized carbons (Fsp3) is 0.500. The van der Waals surface area contributed by atoms with Crippen LogP contribution in [-0.4, -0.2) is 23.9 Å². The third-order valence-electron chi connectivity index (χ3n) is 3.62. The molecule has 1 atom stereocenters. The minimum absolute atomic E-state index is 0.501. The maximum atomic E-state index is 9.97. The number of rotatable bonds is 6. The van der Waals surface area contributed by atoms with Gasteiger partial charge in [0.1, 0.15) is 0 Å². The van der Waals surface area contributed by atoms with Gasteiger partial charge in [-0.1, -0.05) is 13.3 Å². The number of ether oxygens (including phenoxy) is 2. The van der Waals surface area contributed by atoms with Gasteiger partial charge >= 0.3 is 0 Å². The van der Waals surface area contributed by atoms with Crippen molar-refractivity contribution in [1.29, 1.82) is 0 Å². The van der Waals surface area contributed by atoms with Crippen molar-refractivity contribution in [3.8, 4) is 11.5 Å². The highest BCUT2D eigenvalue weighted by molar-refractivity contribution is 5.87. The molecule has 4 heteroatoms. The van der Waals surface area contributed by atoms with Crippen LogP contribution in [0.25, 0.3) is 10.9 Å². The van der Waals surface area contributed by atoms with Gasteiger partial charge in [0.05, 0.1) is 25.8 Å². The summed E-state index contributed by atoms with van der Waals surface area (Å²) in [5.41, 5.74) is 2.00. The van der Waals surface area contributed by atoms with Crippen molar-refractivity contribution in [2.75, 3.05) is 14.2 Å². The maximum Gasteiger partial charge on any atom is 0.162 e. The third-order valence-corrected chi connectivity index (χ3v) is 3.62. The standard InChI is InChI=1S/C16H23NO3/c1-5-6-7-17-10-13(11(2)18)12-8-15(19-3)16(20-4)9-14(12)17/h8-11,18H,5-7H2,1-4H3. The summed E-state index contributed by atoms with van der Waals surface area (Å²) in [5, 5.41) is 11.0. The summed E-state index contributed by atoms with van der Waals surface area (Å²) in [7, 11) is 3.26. The van der Waals surface area contributed by atoms with E-state index in [1.165, 1.54) is 0 Å². The van der Waals surface area contributed by atoms with Crippen LogP contribution in [0.2, 0.25) is 0 Å². The van der Waals surface area contributed by atoms with E-state index in [9.17, 15) is 5.11 Å². The first-order valence-electron chi connectivity index (χ1n) is 7.05. The van der Waals surface area contributed by atoms with Crippen molar-refractivity contribution in [3.05, 3.63) is 23.9 Å². The zero-order chi connectivity index (χ0) is 14.7. The molecule has 1 heterocycles. The molecule has 0 aliphatic heterocycles. The normalized spacial score (nSPS) is 12.7. The Morgan fingerprint density at radius 1 is 1.20 bits per heavy atom. The average Bonchev–Trinajstić information content (AvgIpc) is 2.81. The van der Waals surface area contributed by atoms with Crippen molar-refractivity contribution in [2.24, 2.45) is 0 Å². The highest BCUT2D eigenvalue weighted by Crippen LogP contribution is 2.36. The summed E-state index contributed by atoms with van der Waals surface area (Å²) in [6.07, 6.45) is 3.77. The maximum absolute atomic E-state index is 9.97. The largest absolute Gasteiger partial charge is 0.493 e. The lowest BCUT2D eigenvalue weighted by Gasteiger charge is -2.10. The second kappa shape index (κ2) is 6.18. The van der Waals surface area contributed by atoms with Crippen LogP contribution in [0, 0.1) is 0 Å². The Bertz CT molecular complexity index is 587. The first kappa shape index (κ1) is 14.7. The SMILES string of the molecule is CCCCn1cc(C(C)O)c2cc(OC)c(OC)cc21. The fourth-order valence-corrected chi connectivity index (χ4v) is 2.49. The Morgan fingerprint density at radius 2 is 1.85 bits per heavy atom. The number of aliphatic hydroxyl groups is 1. The van der Waals surface area contributed by atoms with Gasteiger partial charge in [-0.2, -0.15) is 0 Å². The molecular weight excluding hydrogens is 254 g/mol. The number of hydrogen-bond donors (Lipinski definition) is 1. The van der Waals surface area contributed by atoms with E-state index in [1.807, 2.05) is 18.3 Å². The van der Waals surface area contributed by atoms with Crippen LogP contribution in [0.3, 0.4) is 0 Å². The lowest BCUT2D eigenvalue weighted by Crippen LogP contribution is -1.96. The predicted octanol–water partition coefficient (Wildman–Crippen LogP) is 3.51. The summed E-state index contributed by atoms with van der Waals surface area (Å²) >= 11 is 0. The Hall–Kier alpha value is -1.68. The molecular formula is C16H23NO3. The predicted molar refractivity (Wildman–Crippen MR) is 80.6 cm³/mol. The number of aromatic nitrogens is 1. The van der Waals surface area contributed by atoms with E-state index in [2.05, 4.69) is 11.5 Å². The number of unbranched alkanes of at least 4 members (excludes halogenated alkanes) is 1. The molecule has 4 nitrogen and oxygen atoms in total. The van der Waals surface area contributed by atoms with Crippen LogP contribution in [0.1, 0.15) is 38.4 Å². The topological polar surface area (TPSA) is 43.6 Å². The van der Waals surface area contributed by atoms with Crippen LogP contribution in [0.15, 0.2) is 18.3 Å². The molecule has 1 unspecified atom stereocenters. The Labute approximate surface area is 119 Å². The van der Waals surface area contributed by atoms with Crippen molar-refractivity contribution >= 4 is 10.9 Å². The fourth-order valence-electron chi connectivity index (χ4n) is 2.49. The zero-order valence-corrected chi connectivity index (χ0v) is 12.6. The second-order valence-electron chi connectivity index (χ2n) is 5.03. The molecule has 0 amide bonds. The molecule has 1 aromatic carbocycles. The van der Waals surface area contributed by atoms with E-state index in [0.717, 1.165) is 35.9 Å². The number of aryl methyl sites for hydroxylation is 1. The van der Waals surface area contributed by atoms with Crippen molar-refractivity contribution in [1.82, 2.24) is 4.57 Å². The molecule has 0 fully saturated rings. The molecule has 2 rings (SSSR count). The third kappa shape index (κ3) is 2.61. The number of methoxy groups -OCH3 is 2. The number of fused-ring (bicyclic) bond motifs is 1. The van der Waals surface area contributed by atoms with Crippen LogP contribution in [0.5, 0.6) is 11.5 Å². The molecule has 1 N–H and O–H groups in total. The van der Waals surface area contributed by atoms with Crippen molar-refractivity contribution in [3.63, 3.8) is 0 Å². The lowest BCUT2D eigenvalue weighted by molar-refractivity contribution is 0.200. The molecule has 110 valence electrons. The Balaban J connectivity index is 2.63. The highest BCUT2D eigenvalue weighted by Gasteiger charge is 2.16. The molecule has 0 bridgehead atoms. The van der Waals surface area contributed by atoms with Crippen LogP contribution in [-0.2, 0) is 6.54 Å². The quantitative estimate of drug-likeness (QED) is 0.878. The average molecular weight is 277 g/mol. The molecule has 0 aliphatic carbocycles. The summed E-state index contributed by atoms with van der Waals surface area (Å²) in [4.78, 5) is 0. The number of nitrogens with zero attached hydrogens (tertiary/aromatic N) is 1. The molecule has 0 saturated heterocycles. The van der Waals surface area contributed by atoms with Crippen LogP contribution in [0.4, 0.5) is 0 Å². The van der Waals surface area contributed by atoms with Gasteiger partial charge in [-0.15, -0.1) is 0 Å². The number of hydrogen-bond acceptors (Lipinski definition) is 3. The Kier molecular flexibility index (Phi) is 4.55. The molecule has 1 aromatic heterocycles. The van der Waals surface area contributed by atoms with E-state index in [1.54, 1.807) is 21.1 Å². The minimum Gasteiger partial charge on any atom is -0.493 e. The first-order valence-corrected chi connectivity index (χ1v) is 7.05. The van der Waals surface area contributed by atoms with E-state index >= 15 is 0 Å². The first-order chi connectivity index (χ1) is 9.62. The molecule has 0 saturated carbocycles. The van der Waals surface area contributed by atoms with Gasteiger partial charge in [0.2, 0.25) is 0 Å². The van der Waals surface area contributed by atoms with Gasteiger partial charge < -0.3 is 19.1 Å². The summed E-state index contributed by atoms with van der Waals surface area (Å²) < 4.78 is 12.9. The van der Waals surface area contributed by atoms with Gasteiger partial charge in [0.15, 0.2) is 11.5 Å². The number of aliphatic hydroxyl groups excluding tert-OH is 1. The van der Waals surface area contributed by atoms with E-state index in [-0.39, 0.29) is 0 Å². The van der Waals surface area contributed by atoms with E-state index in [4.69, 9.17) is 9.47 Å².